The lowest BCUT2D eigenvalue weighted by Crippen LogP contribution is -1.92. The van der Waals surface area contributed by atoms with E-state index >= 15 is 0 Å². The highest BCUT2D eigenvalue weighted by Crippen LogP contribution is 2.21. The molecule has 0 aliphatic rings. The van der Waals surface area contributed by atoms with Crippen LogP contribution in [0.5, 0.6) is 0 Å². The maximum absolute atomic E-state index is 4.63. The zero-order valence-electron chi connectivity index (χ0n) is 12.8. The van der Waals surface area contributed by atoms with Crippen LogP contribution in [0.1, 0.15) is 71.6 Å². The van der Waals surface area contributed by atoms with Gasteiger partial charge in [-0.3, -0.25) is 0 Å². The second-order valence-electron chi connectivity index (χ2n) is 4.90. The van der Waals surface area contributed by atoms with Crippen LogP contribution in [0.25, 0.3) is 0 Å². The highest BCUT2D eigenvalue weighted by molar-refractivity contribution is 8.10. The van der Waals surface area contributed by atoms with Crippen molar-refractivity contribution in [3.63, 3.8) is 0 Å². The molecule has 0 radical (unpaired) electrons. The third-order valence-electron chi connectivity index (χ3n) is 2.96. The summed E-state index contributed by atoms with van der Waals surface area (Å²) < 4.78 is 0.484. The summed E-state index contributed by atoms with van der Waals surface area (Å²) in [6.45, 7) is 4.43. The van der Waals surface area contributed by atoms with Crippen LogP contribution in [-0.4, -0.2) is 10.3 Å². The molecule has 0 fully saturated rings. The van der Waals surface area contributed by atoms with Crippen molar-refractivity contribution in [2.45, 2.75) is 76.2 Å². The van der Waals surface area contributed by atoms with Gasteiger partial charge in [-0.05, 0) is 44.3 Å². The van der Waals surface area contributed by atoms with Crippen molar-refractivity contribution in [3.05, 3.63) is 24.3 Å². The zero-order valence-corrected chi connectivity index (χ0v) is 14.5. The van der Waals surface area contributed by atoms with Crippen molar-refractivity contribution < 1.29 is 0 Å². The minimum absolute atomic E-state index is 0.484. The molecule has 0 aromatic rings. The minimum Gasteiger partial charge on any atom is -0.165 e. The van der Waals surface area contributed by atoms with E-state index in [9.17, 15) is 0 Å². The molecule has 0 bridgehead atoms. The first-order valence-corrected chi connectivity index (χ1v) is 9.47. The molecule has 0 saturated carbocycles. The molecule has 0 aliphatic carbocycles. The second kappa shape index (κ2) is 16.2. The molecule has 1 unspecified atom stereocenters. The topological polar surface area (TPSA) is 0 Å². The van der Waals surface area contributed by atoms with Crippen LogP contribution >= 0.6 is 24.4 Å². The van der Waals surface area contributed by atoms with Crippen molar-refractivity contribution >= 4 is 24.4 Å². The van der Waals surface area contributed by atoms with Crippen LogP contribution in [0.15, 0.2) is 24.3 Å². The van der Waals surface area contributed by atoms with Crippen molar-refractivity contribution in [3.8, 4) is 0 Å². The van der Waals surface area contributed by atoms with Crippen LogP contribution in [0.4, 0.5) is 0 Å². The summed E-state index contributed by atoms with van der Waals surface area (Å²) in [6.07, 6.45) is 20.6. The van der Waals surface area contributed by atoms with Gasteiger partial charge in [0.15, 0.2) is 0 Å². The predicted molar refractivity (Wildman–Crippen MR) is 96.4 cm³/mol. The van der Waals surface area contributed by atoms with E-state index in [2.05, 4.69) is 50.8 Å². The van der Waals surface area contributed by atoms with E-state index < -0.39 is 0 Å². The SMILES string of the molecule is CCC=CCCCCCSC(S)C/C=C\CCCC. The van der Waals surface area contributed by atoms with Crippen molar-refractivity contribution in [2.24, 2.45) is 0 Å². The van der Waals surface area contributed by atoms with Crippen LogP contribution < -0.4 is 0 Å². The Balaban J connectivity index is 3.26. The van der Waals surface area contributed by atoms with E-state index in [1.165, 1.54) is 57.1 Å². The van der Waals surface area contributed by atoms with E-state index in [0.29, 0.717) is 4.58 Å². The molecule has 0 amide bonds. The molecule has 0 spiro atoms. The second-order valence-corrected chi connectivity index (χ2v) is 7.19. The fraction of sp³-hybridized carbons (Fsp3) is 0.765. The Bertz CT molecular complexity index is 221. The molecule has 0 rings (SSSR count). The monoisotopic (exact) mass is 300 g/mol. The van der Waals surface area contributed by atoms with E-state index in [4.69, 9.17) is 0 Å². The van der Waals surface area contributed by atoms with Crippen LogP contribution in [0.3, 0.4) is 0 Å². The lowest BCUT2D eigenvalue weighted by Gasteiger charge is -2.07. The summed E-state index contributed by atoms with van der Waals surface area (Å²) in [5, 5.41) is 0. The Morgan fingerprint density at radius 3 is 2.37 bits per heavy atom. The maximum Gasteiger partial charge on any atom is 0.0506 e. The smallest absolute Gasteiger partial charge is 0.0506 e. The summed E-state index contributed by atoms with van der Waals surface area (Å²) in [5.41, 5.74) is 0. The van der Waals surface area contributed by atoms with Crippen LogP contribution in [-0.2, 0) is 0 Å². The quantitative estimate of drug-likeness (QED) is 0.172. The summed E-state index contributed by atoms with van der Waals surface area (Å²) in [7, 11) is 0. The first-order valence-electron chi connectivity index (χ1n) is 7.90. The fourth-order valence-electron chi connectivity index (χ4n) is 1.77. The van der Waals surface area contributed by atoms with Gasteiger partial charge in [0.25, 0.3) is 0 Å². The standard InChI is InChI=1S/C17H32S2/c1-3-5-7-9-10-12-14-16-19-17(18)15-13-11-8-6-4-2/h5,7,11,13,17-18H,3-4,6,8-10,12,14-16H2,1-2H3/b7-5?,13-11-. The third kappa shape index (κ3) is 16.1. The van der Waals surface area contributed by atoms with Gasteiger partial charge in [-0.25, -0.2) is 0 Å². The summed E-state index contributed by atoms with van der Waals surface area (Å²) >= 11 is 6.63. The van der Waals surface area contributed by atoms with Gasteiger partial charge in [-0.2, -0.15) is 12.6 Å². The molecule has 0 saturated heterocycles. The van der Waals surface area contributed by atoms with Crippen molar-refractivity contribution in [1.29, 1.82) is 0 Å². The van der Waals surface area contributed by atoms with Gasteiger partial charge in [0.1, 0.15) is 0 Å². The average molecular weight is 301 g/mol. The van der Waals surface area contributed by atoms with Gasteiger partial charge in [0.2, 0.25) is 0 Å². The van der Waals surface area contributed by atoms with Crippen LogP contribution in [0, 0.1) is 0 Å². The minimum atomic E-state index is 0.484. The molecular formula is C17H32S2. The van der Waals surface area contributed by atoms with E-state index in [1.54, 1.807) is 0 Å². The summed E-state index contributed by atoms with van der Waals surface area (Å²) in [5.74, 6) is 1.26. The molecule has 1 atom stereocenters. The fourth-order valence-corrected chi connectivity index (χ4v) is 3.09. The Hall–Kier alpha value is 0.180. The van der Waals surface area contributed by atoms with E-state index in [1.807, 2.05) is 11.8 Å². The molecule has 0 heterocycles. The van der Waals surface area contributed by atoms with Gasteiger partial charge in [0, 0.05) is 0 Å². The Morgan fingerprint density at radius 2 is 1.63 bits per heavy atom. The molecule has 19 heavy (non-hydrogen) atoms. The van der Waals surface area contributed by atoms with Gasteiger partial charge in [-0.15, -0.1) is 11.8 Å². The lowest BCUT2D eigenvalue weighted by atomic mass is 10.2. The number of rotatable bonds is 13. The molecule has 0 aliphatic heterocycles. The van der Waals surface area contributed by atoms with Crippen LogP contribution in [0.2, 0.25) is 0 Å². The largest absolute Gasteiger partial charge is 0.165 e. The predicted octanol–water partition coefficient (Wildman–Crippen LogP) is 6.64. The third-order valence-corrected chi connectivity index (χ3v) is 4.72. The van der Waals surface area contributed by atoms with Crippen molar-refractivity contribution in [1.82, 2.24) is 0 Å². The van der Waals surface area contributed by atoms with E-state index in [-0.39, 0.29) is 0 Å². The number of hydrogen-bond acceptors (Lipinski definition) is 2. The average Bonchev–Trinajstić information content (AvgIpc) is 2.41. The van der Waals surface area contributed by atoms with Gasteiger partial charge in [-0.1, -0.05) is 57.4 Å². The van der Waals surface area contributed by atoms with E-state index in [0.717, 1.165) is 6.42 Å². The highest BCUT2D eigenvalue weighted by atomic mass is 32.2. The first-order chi connectivity index (χ1) is 9.31. The molecule has 0 N–H and O–H groups in total. The number of allylic oxidation sites excluding steroid dienone is 4. The Kier molecular flexibility index (Phi) is 16.4. The number of thioether (sulfide) groups is 1. The number of hydrogen-bond donors (Lipinski definition) is 1. The van der Waals surface area contributed by atoms with Gasteiger partial charge in [0.05, 0.1) is 4.58 Å². The zero-order chi connectivity index (χ0) is 14.2. The Labute approximate surface area is 130 Å². The summed E-state index contributed by atoms with van der Waals surface area (Å²) in [4.78, 5) is 0. The first kappa shape index (κ1) is 19.2. The Morgan fingerprint density at radius 1 is 0.895 bits per heavy atom. The molecule has 2 heteroatoms. The molecule has 112 valence electrons. The molecule has 0 nitrogen and oxygen atoms in total. The number of unbranched alkanes of at least 4 members (excludes halogenated alkanes) is 5. The van der Waals surface area contributed by atoms with Crippen molar-refractivity contribution in [2.75, 3.05) is 5.75 Å². The molecule has 0 aromatic heterocycles. The van der Waals surface area contributed by atoms with Gasteiger partial charge < -0.3 is 0 Å². The lowest BCUT2D eigenvalue weighted by molar-refractivity contribution is 0.733. The highest BCUT2D eigenvalue weighted by Gasteiger charge is 2.00. The molecular weight excluding hydrogens is 268 g/mol. The summed E-state index contributed by atoms with van der Waals surface area (Å²) in [6, 6.07) is 0. The van der Waals surface area contributed by atoms with Gasteiger partial charge >= 0.3 is 0 Å². The number of thiol groups is 1. The normalized spacial score (nSPS) is 13.6. The molecule has 0 aromatic carbocycles. The maximum atomic E-state index is 4.63.